The van der Waals surface area contributed by atoms with Crippen LogP contribution in [0.25, 0.3) is 6.08 Å². The van der Waals surface area contributed by atoms with E-state index in [-0.39, 0.29) is 23.6 Å². The molecule has 146 valence electrons. The summed E-state index contributed by atoms with van der Waals surface area (Å²) in [6, 6.07) is 20.4. The summed E-state index contributed by atoms with van der Waals surface area (Å²) in [7, 11) is 0. The van der Waals surface area contributed by atoms with Gasteiger partial charge in [0.1, 0.15) is 11.5 Å². The van der Waals surface area contributed by atoms with Crippen LogP contribution in [0.1, 0.15) is 46.1 Å². The molecule has 0 spiro atoms. The smallest absolute Gasteiger partial charge is 0.268 e. The summed E-state index contributed by atoms with van der Waals surface area (Å²) in [5.41, 5.74) is 3.03. The molecule has 1 atom stereocenters. The number of amides is 2. The summed E-state index contributed by atoms with van der Waals surface area (Å²) in [6.07, 6.45) is 5.96. The highest BCUT2D eigenvalue weighted by Crippen LogP contribution is 2.29. The van der Waals surface area contributed by atoms with E-state index in [1.54, 1.807) is 42.5 Å². The van der Waals surface area contributed by atoms with E-state index in [0.29, 0.717) is 11.3 Å². The Kier molecular flexibility index (Phi) is 5.56. The lowest BCUT2D eigenvalue weighted by Crippen LogP contribution is -2.37. The van der Waals surface area contributed by atoms with Crippen LogP contribution in [0, 0.1) is 0 Å². The fourth-order valence-corrected chi connectivity index (χ4v) is 3.60. The lowest BCUT2D eigenvalue weighted by molar-refractivity contribution is -0.118. The van der Waals surface area contributed by atoms with E-state index in [1.165, 1.54) is 11.8 Å². The highest BCUT2D eigenvalue weighted by Gasteiger charge is 2.24. The van der Waals surface area contributed by atoms with Crippen LogP contribution in [0.15, 0.2) is 83.1 Å². The molecule has 0 unspecified atom stereocenters. The lowest BCUT2D eigenvalue weighted by atomic mass is 9.87. The molecule has 1 aromatic heterocycles. The van der Waals surface area contributed by atoms with E-state index in [9.17, 15) is 9.59 Å². The van der Waals surface area contributed by atoms with Crippen molar-refractivity contribution < 1.29 is 14.0 Å². The van der Waals surface area contributed by atoms with Crippen molar-refractivity contribution >= 4 is 17.9 Å². The maximum Gasteiger partial charge on any atom is 0.268 e. The maximum atomic E-state index is 13.1. The highest BCUT2D eigenvalue weighted by atomic mass is 16.3. The van der Waals surface area contributed by atoms with Gasteiger partial charge in [0.25, 0.3) is 11.8 Å². The molecule has 0 radical (unpaired) electrons. The Hall–Kier alpha value is -3.60. The van der Waals surface area contributed by atoms with Gasteiger partial charge in [0.15, 0.2) is 0 Å². The SMILES string of the molecule is O=C(N[C@@H]1CCCc2ccccc21)/C(=C/c1ccco1)NC(=O)c1ccccc1. The summed E-state index contributed by atoms with van der Waals surface area (Å²) in [5.74, 6) is -0.192. The number of furan rings is 1. The zero-order valence-corrected chi connectivity index (χ0v) is 15.9. The van der Waals surface area contributed by atoms with Crippen molar-refractivity contribution in [3.05, 3.63) is 101 Å². The average molecular weight is 386 g/mol. The molecule has 0 fully saturated rings. The molecule has 0 saturated heterocycles. The standard InChI is InChI=1S/C24H22N2O3/c27-23(18-9-2-1-3-10-18)26-22(16-19-12-7-15-29-19)24(28)25-21-14-6-11-17-8-4-5-13-20(17)21/h1-5,7-10,12-13,15-16,21H,6,11,14H2,(H,25,28)(H,26,27)/b22-16-/t21-/m1/s1. The molecule has 3 aromatic rings. The van der Waals surface area contributed by atoms with Crippen LogP contribution in [0.3, 0.4) is 0 Å². The number of benzene rings is 2. The molecule has 1 heterocycles. The van der Waals surface area contributed by atoms with E-state index in [1.807, 2.05) is 18.2 Å². The van der Waals surface area contributed by atoms with Crippen LogP contribution in [-0.4, -0.2) is 11.8 Å². The average Bonchev–Trinajstić information content (AvgIpc) is 3.27. The number of hydrogen-bond acceptors (Lipinski definition) is 3. The van der Waals surface area contributed by atoms with Crippen LogP contribution >= 0.6 is 0 Å². The first-order valence-electron chi connectivity index (χ1n) is 9.71. The molecular weight excluding hydrogens is 364 g/mol. The van der Waals surface area contributed by atoms with Crippen LogP contribution < -0.4 is 10.6 Å². The number of hydrogen-bond donors (Lipinski definition) is 2. The van der Waals surface area contributed by atoms with Gasteiger partial charge in [-0.2, -0.15) is 0 Å². The summed E-state index contributed by atoms with van der Waals surface area (Å²) in [5, 5.41) is 5.82. The van der Waals surface area contributed by atoms with Gasteiger partial charge in [-0.25, -0.2) is 0 Å². The van der Waals surface area contributed by atoms with Gasteiger partial charge in [0, 0.05) is 11.6 Å². The first-order chi connectivity index (χ1) is 14.2. The van der Waals surface area contributed by atoms with Gasteiger partial charge in [-0.05, 0) is 54.7 Å². The molecule has 4 rings (SSSR count). The monoisotopic (exact) mass is 386 g/mol. The molecule has 0 aliphatic heterocycles. The van der Waals surface area contributed by atoms with Gasteiger partial charge in [-0.1, -0.05) is 42.5 Å². The Morgan fingerprint density at radius 2 is 1.76 bits per heavy atom. The molecule has 1 aliphatic rings. The lowest BCUT2D eigenvalue weighted by Gasteiger charge is -2.26. The van der Waals surface area contributed by atoms with Gasteiger partial charge in [-0.3, -0.25) is 9.59 Å². The number of fused-ring (bicyclic) bond motifs is 1. The minimum Gasteiger partial charge on any atom is -0.465 e. The zero-order valence-electron chi connectivity index (χ0n) is 15.9. The van der Waals surface area contributed by atoms with Crippen molar-refractivity contribution in [1.29, 1.82) is 0 Å². The second-order valence-corrected chi connectivity index (χ2v) is 7.01. The third kappa shape index (κ3) is 4.46. The van der Waals surface area contributed by atoms with Gasteiger partial charge in [-0.15, -0.1) is 0 Å². The normalized spacial score (nSPS) is 16.0. The quantitative estimate of drug-likeness (QED) is 0.644. The van der Waals surface area contributed by atoms with Crippen molar-refractivity contribution in [3.63, 3.8) is 0 Å². The summed E-state index contributed by atoms with van der Waals surface area (Å²) < 4.78 is 5.34. The van der Waals surface area contributed by atoms with Crippen molar-refractivity contribution in [2.24, 2.45) is 0 Å². The van der Waals surface area contributed by atoms with Gasteiger partial charge >= 0.3 is 0 Å². The minimum atomic E-state index is -0.345. The molecule has 2 aromatic carbocycles. The topological polar surface area (TPSA) is 71.3 Å². The highest BCUT2D eigenvalue weighted by molar-refractivity contribution is 6.05. The molecule has 0 saturated carbocycles. The predicted molar refractivity (Wildman–Crippen MR) is 111 cm³/mol. The Morgan fingerprint density at radius 3 is 2.55 bits per heavy atom. The maximum absolute atomic E-state index is 13.1. The van der Waals surface area contributed by atoms with Crippen molar-refractivity contribution in [2.75, 3.05) is 0 Å². The number of carbonyl (C=O) groups is 2. The molecule has 5 heteroatoms. The summed E-state index contributed by atoms with van der Waals surface area (Å²) in [6.45, 7) is 0. The van der Waals surface area contributed by atoms with Gasteiger partial charge in [0.05, 0.1) is 12.3 Å². The Bertz CT molecular complexity index is 1020. The zero-order chi connectivity index (χ0) is 20.1. The first kappa shape index (κ1) is 18.7. The fraction of sp³-hybridized carbons (Fsp3) is 0.167. The molecule has 5 nitrogen and oxygen atoms in total. The second-order valence-electron chi connectivity index (χ2n) is 7.01. The van der Waals surface area contributed by atoms with Crippen LogP contribution in [0.5, 0.6) is 0 Å². The number of carbonyl (C=O) groups excluding carboxylic acids is 2. The number of nitrogens with one attached hydrogen (secondary N) is 2. The van der Waals surface area contributed by atoms with Crippen LogP contribution in [0.2, 0.25) is 0 Å². The van der Waals surface area contributed by atoms with Crippen molar-refractivity contribution in [1.82, 2.24) is 10.6 Å². The molecule has 1 aliphatic carbocycles. The van der Waals surface area contributed by atoms with E-state index in [4.69, 9.17) is 4.42 Å². The number of rotatable bonds is 5. The third-order valence-corrected chi connectivity index (χ3v) is 5.03. The molecule has 2 N–H and O–H groups in total. The Labute approximate surface area is 169 Å². The molecule has 0 bridgehead atoms. The summed E-state index contributed by atoms with van der Waals surface area (Å²) >= 11 is 0. The largest absolute Gasteiger partial charge is 0.465 e. The minimum absolute atomic E-state index is 0.0823. The van der Waals surface area contributed by atoms with Crippen molar-refractivity contribution in [3.8, 4) is 0 Å². The third-order valence-electron chi connectivity index (χ3n) is 5.03. The van der Waals surface area contributed by atoms with E-state index in [0.717, 1.165) is 24.8 Å². The van der Waals surface area contributed by atoms with Crippen LogP contribution in [-0.2, 0) is 11.2 Å². The molecule has 2 amide bonds. The van der Waals surface area contributed by atoms with E-state index < -0.39 is 0 Å². The predicted octanol–water partition coefficient (Wildman–Crippen LogP) is 4.24. The fourth-order valence-electron chi connectivity index (χ4n) is 3.60. The molecule has 29 heavy (non-hydrogen) atoms. The van der Waals surface area contributed by atoms with Crippen LogP contribution in [0.4, 0.5) is 0 Å². The second kappa shape index (κ2) is 8.61. The van der Waals surface area contributed by atoms with Crippen molar-refractivity contribution in [2.45, 2.75) is 25.3 Å². The number of aryl methyl sites for hydroxylation is 1. The summed E-state index contributed by atoms with van der Waals surface area (Å²) in [4.78, 5) is 25.7. The van der Waals surface area contributed by atoms with Gasteiger partial charge < -0.3 is 15.1 Å². The molecular formula is C24H22N2O3. The Balaban J connectivity index is 1.57. The van der Waals surface area contributed by atoms with E-state index >= 15 is 0 Å². The van der Waals surface area contributed by atoms with Gasteiger partial charge in [0.2, 0.25) is 0 Å². The Morgan fingerprint density at radius 1 is 0.966 bits per heavy atom. The first-order valence-corrected chi connectivity index (χ1v) is 9.71. The van der Waals surface area contributed by atoms with E-state index in [2.05, 4.69) is 22.8 Å².